The monoisotopic (exact) mass is 386 g/mol. The second kappa shape index (κ2) is 8.88. The van der Waals surface area contributed by atoms with Crippen LogP contribution in [-0.2, 0) is 0 Å². The molecular weight excluding hydrogens is 364 g/mol. The molecule has 0 aromatic heterocycles. The Labute approximate surface area is 163 Å². The Morgan fingerprint density at radius 2 is 1.74 bits per heavy atom. The summed E-state index contributed by atoms with van der Waals surface area (Å²) in [4.78, 5) is 25.8. The number of hydrogen-bond acceptors (Lipinski definition) is 3. The van der Waals surface area contributed by atoms with Crippen molar-refractivity contribution in [1.82, 2.24) is 10.2 Å². The van der Waals surface area contributed by atoms with Gasteiger partial charge in [0.15, 0.2) is 0 Å². The molecule has 0 radical (unpaired) electrons. The Morgan fingerprint density at radius 1 is 1.07 bits per heavy atom. The number of nitrogens with two attached hydrogens (primary N) is 1. The SMILES string of the molecule is NC(=O)Nc1ccc(C(=O)NCC(c2ccccc2Cl)N2CCCC2)cc1. The lowest BCUT2D eigenvalue weighted by molar-refractivity contribution is 0.0938. The number of likely N-dealkylation sites (tertiary alicyclic amines) is 1. The molecule has 0 bridgehead atoms. The van der Waals surface area contributed by atoms with Crippen LogP contribution in [0.15, 0.2) is 48.5 Å². The third-order valence-corrected chi connectivity index (χ3v) is 5.06. The molecule has 1 unspecified atom stereocenters. The van der Waals surface area contributed by atoms with E-state index in [2.05, 4.69) is 15.5 Å². The topological polar surface area (TPSA) is 87.5 Å². The number of halogens is 1. The highest BCUT2D eigenvalue weighted by atomic mass is 35.5. The molecule has 1 atom stereocenters. The van der Waals surface area contributed by atoms with Crippen molar-refractivity contribution in [3.63, 3.8) is 0 Å². The van der Waals surface area contributed by atoms with Crippen LogP contribution in [0.4, 0.5) is 10.5 Å². The third kappa shape index (κ3) is 4.99. The summed E-state index contributed by atoms with van der Waals surface area (Å²) in [5, 5.41) is 6.20. The molecule has 1 fully saturated rings. The van der Waals surface area contributed by atoms with E-state index in [4.69, 9.17) is 17.3 Å². The van der Waals surface area contributed by atoms with Crippen LogP contribution >= 0.6 is 11.6 Å². The van der Waals surface area contributed by atoms with Gasteiger partial charge in [0, 0.05) is 22.8 Å². The van der Waals surface area contributed by atoms with Crippen LogP contribution in [0, 0.1) is 0 Å². The highest BCUT2D eigenvalue weighted by Crippen LogP contribution is 2.29. The molecule has 3 rings (SSSR count). The maximum absolute atomic E-state index is 12.5. The largest absolute Gasteiger partial charge is 0.351 e. The van der Waals surface area contributed by atoms with E-state index in [1.165, 1.54) is 0 Å². The lowest BCUT2D eigenvalue weighted by Gasteiger charge is -2.29. The molecule has 3 amide bonds. The van der Waals surface area contributed by atoms with E-state index in [9.17, 15) is 9.59 Å². The Morgan fingerprint density at radius 3 is 2.37 bits per heavy atom. The minimum Gasteiger partial charge on any atom is -0.351 e. The molecule has 1 aliphatic rings. The van der Waals surface area contributed by atoms with Crippen molar-refractivity contribution in [3.8, 4) is 0 Å². The number of nitrogens with one attached hydrogen (secondary N) is 2. The zero-order valence-corrected chi connectivity index (χ0v) is 15.7. The third-order valence-electron chi connectivity index (χ3n) is 4.72. The van der Waals surface area contributed by atoms with Crippen molar-refractivity contribution >= 4 is 29.2 Å². The molecule has 0 spiro atoms. The van der Waals surface area contributed by atoms with Crippen molar-refractivity contribution in [2.24, 2.45) is 5.73 Å². The standard InChI is InChI=1S/C20H23ClN4O2/c21-17-6-2-1-5-16(17)18(25-11-3-4-12-25)13-23-19(26)14-7-9-15(10-8-14)24-20(22)27/h1-2,5-10,18H,3-4,11-13H2,(H,23,26)(H3,22,24,27). The average molecular weight is 387 g/mol. The minimum absolute atomic E-state index is 0.0425. The fourth-order valence-electron chi connectivity index (χ4n) is 3.37. The average Bonchev–Trinajstić information content (AvgIpc) is 3.18. The van der Waals surface area contributed by atoms with Gasteiger partial charge in [-0.15, -0.1) is 0 Å². The highest BCUT2D eigenvalue weighted by Gasteiger charge is 2.25. The van der Waals surface area contributed by atoms with Gasteiger partial charge in [0.1, 0.15) is 0 Å². The summed E-state index contributed by atoms with van der Waals surface area (Å²) in [7, 11) is 0. The van der Waals surface area contributed by atoms with Crippen LogP contribution < -0.4 is 16.4 Å². The number of primary amides is 1. The minimum atomic E-state index is -0.639. The first-order chi connectivity index (χ1) is 13.0. The Balaban J connectivity index is 1.68. The van der Waals surface area contributed by atoms with Gasteiger partial charge in [-0.3, -0.25) is 9.69 Å². The molecule has 1 aliphatic heterocycles. The molecule has 2 aromatic carbocycles. The number of nitrogens with zero attached hydrogens (tertiary/aromatic N) is 1. The predicted molar refractivity (Wildman–Crippen MR) is 107 cm³/mol. The van der Waals surface area contributed by atoms with E-state index in [-0.39, 0.29) is 11.9 Å². The summed E-state index contributed by atoms with van der Waals surface area (Å²) in [5.41, 5.74) is 7.18. The number of urea groups is 1. The van der Waals surface area contributed by atoms with E-state index in [0.717, 1.165) is 31.5 Å². The first-order valence-electron chi connectivity index (χ1n) is 8.98. The molecule has 0 aliphatic carbocycles. The summed E-state index contributed by atoms with van der Waals surface area (Å²) < 4.78 is 0. The number of carbonyl (C=O) groups is 2. The molecule has 4 N–H and O–H groups in total. The van der Waals surface area contributed by atoms with Gasteiger partial charge in [-0.2, -0.15) is 0 Å². The van der Waals surface area contributed by atoms with Crippen molar-refractivity contribution in [1.29, 1.82) is 0 Å². The zero-order chi connectivity index (χ0) is 19.2. The maximum atomic E-state index is 12.5. The first-order valence-corrected chi connectivity index (χ1v) is 9.35. The second-order valence-electron chi connectivity index (χ2n) is 6.56. The van der Waals surface area contributed by atoms with Crippen LogP contribution in [0.1, 0.15) is 34.8 Å². The molecular formula is C20H23ClN4O2. The van der Waals surface area contributed by atoms with E-state index < -0.39 is 6.03 Å². The summed E-state index contributed by atoms with van der Waals surface area (Å²) in [5.74, 6) is -0.170. The van der Waals surface area contributed by atoms with Crippen molar-refractivity contribution < 1.29 is 9.59 Å². The number of hydrogen-bond donors (Lipinski definition) is 3. The maximum Gasteiger partial charge on any atom is 0.316 e. The lowest BCUT2D eigenvalue weighted by atomic mass is 10.0. The summed E-state index contributed by atoms with van der Waals surface area (Å²) in [6.45, 7) is 2.47. The molecule has 27 heavy (non-hydrogen) atoms. The summed E-state index contributed by atoms with van der Waals surface area (Å²) >= 11 is 6.40. The Hall–Kier alpha value is -2.57. The van der Waals surface area contributed by atoms with Gasteiger partial charge < -0.3 is 16.4 Å². The van der Waals surface area contributed by atoms with E-state index in [0.29, 0.717) is 22.8 Å². The van der Waals surface area contributed by atoms with E-state index in [1.807, 2.05) is 24.3 Å². The highest BCUT2D eigenvalue weighted by molar-refractivity contribution is 6.31. The molecule has 0 saturated carbocycles. The smallest absolute Gasteiger partial charge is 0.316 e. The van der Waals surface area contributed by atoms with Crippen LogP contribution in [0.5, 0.6) is 0 Å². The number of anilines is 1. The number of benzene rings is 2. The fourth-order valence-corrected chi connectivity index (χ4v) is 3.63. The van der Waals surface area contributed by atoms with Gasteiger partial charge in [-0.1, -0.05) is 29.8 Å². The van der Waals surface area contributed by atoms with Crippen molar-refractivity contribution in [2.45, 2.75) is 18.9 Å². The molecule has 1 saturated heterocycles. The lowest BCUT2D eigenvalue weighted by Crippen LogP contribution is -2.37. The molecule has 142 valence electrons. The van der Waals surface area contributed by atoms with Gasteiger partial charge >= 0.3 is 6.03 Å². The van der Waals surface area contributed by atoms with Crippen molar-refractivity contribution in [2.75, 3.05) is 25.0 Å². The summed E-state index contributed by atoms with van der Waals surface area (Å²) in [6.07, 6.45) is 2.31. The van der Waals surface area contributed by atoms with Crippen LogP contribution in [0.25, 0.3) is 0 Å². The van der Waals surface area contributed by atoms with Crippen LogP contribution in [-0.4, -0.2) is 36.5 Å². The quantitative estimate of drug-likeness (QED) is 0.711. The van der Waals surface area contributed by atoms with Gasteiger partial charge in [0.25, 0.3) is 5.91 Å². The molecule has 2 aromatic rings. The van der Waals surface area contributed by atoms with E-state index >= 15 is 0 Å². The molecule has 7 heteroatoms. The van der Waals surface area contributed by atoms with Crippen LogP contribution in [0.3, 0.4) is 0 Å². The summed E-state index contributed by atoms with van der Waals surface area (Å²) in [6, 6.07) is 13.8. The normalized spacial score (nSPS) is 15.3. The first kappa shape index (κ1) is 19.2. The Bertz CT molecular complexity index is 804. The molecule has 1 heterocycles. The number of carbonyl (C=O) groups excluding carboxylic acids is 2. The second-order valence-corrected chi connectivity index (χ2v) is 6.96. The Kier molecular flexibility index (Phi) is 6.32. The van der Waals surface area contributed by atoms with Crippen molar-refractivity contribution in [3.05, 3.63) is 64.7 Å². The van der Waals surface area contributed by atoms with Gasteiger partial charge in [-0.05, 0) is 61.8 Å². The fraction of sp³-hybridized carbons (Fsp3) is 0.300. The number of amides is 3. The number of rotatable bonds is 6. The van der Waals surface area contributed by atoms with E-state index in [1.54, 1.807) is 24.3 Å². The van der Waals surface area contributed by atoms with Gasteiger partial charge in [0.05, 0.1) is 6.04 Å². The van der Waals surface area contributed by atoms with Gasteiger partial charge in [-0.25, -0.2) is 4.79 Å². The van der Waals surface area contributed by atoms with Crippen LogP contribution in [0.2, 0.25) is 5.02 Å². The molecule has 6 nitrogen and oxygen atoms in total. The predicted octanol–water partition coefficient (Wildman–Crippen LogP) is 3.40. The zero-order valence-electron chi connectivity index (χ0n) is 15.0. The van der Waals surface area contributed by atoms with Gasteiger partial charge in [0.2, 0.25) is 0 Å².